The van der Waals surface area contributed by atoms with E-state index in [-0.39, 0.29) is 11.9 Å². The SMILES string of the molecule is CC(C)c1ccc(CCn2c(O)cc(=O)n(C3CCCC3)c2=O)cc1. The molecule has 1 aromatic carbocycles. The summed E-state index contributed by atoms with van der Waals surface area (Å²) in [5.74, 6) is 0.235. The van der Waals surface area contributed by atoms with Crippen molar-refractivity contribution in [3.8, 4) is 5.88 Å². The maximum absolute atomic E-state index is 12.7. The van der Waals surface area contributed by atoms with E-state index in [1.165, 1.54) is 20.8 Å². The molecule has 0 saturated heterocycles. The Bertz CT molecular complexity index is 841. The van der Waals surface area contributed by atoms with E-state index in [1.54, 1.807) is 0 Å². The second kappa shape index (κ2) is 7.30. The number of aromatic hydroxyl groups is 1. The highest BCUT2D eigenvalue weighted by atomic mass is 16.3. The van der Waals surface area contributed by atoms with Gasteiger partial charge in [-0.25, -0.2) is 4.79 Å². The smallest absolute Gasteiger partial charge is 0.334 e. The van der Waals surface area contributed by atoms with Gasteiger partial charge in [0.2, 0.25) is 5.88 Å². The van der Waals surface area contributed by atoms with E-state index in [0.29, 0.717) is 18.9 Å². The summed E-state index contributed by atoms with van der Waals surface area (Å²) in [6.45, 7) is 4.66. The minimum Gasteiger partial charge on any atom is -0.494 e. The summed E-state index contributed by atoms with van der Waals surface area (Å²) in [5.41, 5.74) is 1.59. The number of aromatic nitrogens is 2. The molecule has 1 saturated carbocycles. The second-order valence-electron chi connectivity index (χ2n) is 7.23. The van der Waals surface area contributed by atoms with Gasteiger partial charge in [-0.2, -0.15) is 0 Å². The van der Waals surface area contributed by atoms with E-state index in [2.05, 4.69) is 38.1 Å². The van der Waals surface area contributed by atoms with Crippen LogP contribution < -0.4 is 11.2 Å². The molecule has 1 N–H and O–H groups in total. The first-order valence-electron chi connectivity index (χ1n) is 9.11. The second-order valence-corrected chi connectivity index (χ2v) is 7.23. The van der Waals surface area contributed by atoms with Crippen LogP contribution in [-0.2, 0) is 13.0 Å². The number of nitrogens with zero attached hydrogens (tertiary/aromatic N) is 2. The molecule has 3 rings (SSSR count). The third kappa shape index (κ3) is 3.70. The quantitative estimate of drug-likeness (QED) is 0.907. The fourth-order valence-electron chi connectivity index (χ4n) is 3.60. The Hall–Kier alpha value is -2.30. The Labute approximate surface area is 147 Å². The van der Waals surface area contributed by atoms with Crippen LogP contribution in [0.1, 0.15) is 62.6 Å². The first-order chi connectivity index (χ1) is 12.0. The average molecular weight is 342 g/mol. The summed E-state index contributed by atoms with van der Waals surface area (Å²) in [4.78, 5) is 24.9. The molecule has 1 aromatic heterocycles. The fourth-order valence-corrected chi connectivity index (χ4v) is 3.60. The van der Waals surface area contributed by atoms with Crippen molar-refractivity contribution < 1.29 is 5.11 Å². The number of hydrogen-bond donors (Lipinski definition) is 1. The standard InChI is InChI=1S/C20H26N2O3/c1-14(2)16-9-7-15(8-10-16)11-12-21-18(23)13-19(24)22(20(21)25)17-5-3-4-6-17/h7-10,13-14,17,23H,3-6,11-12H2,1-2H3. The van der Waals surface area contributed by atoms with Crippen LogP contribution in [0.5, 0.6) is 5.88 Å². The molecule has 5 nitrogen and oxygen atoms in total. The Kier molecular flexibility index (Phi) is 5.11. The van der Waals surface area contributed by atoms with Crippen LogP contribution in [0.2, 0.25) is 0 Å². The molecular formula is C20H26N2O3. The zero-order valence-corrected chi connectivity index (χ0v) is 14.9. The van der Waals surface area contributed by atoms with Crippen molar-refractivity contribution >= 4 is 0 Å². The minimum atomic E-state index is -0.396. The minimum absolute atomic E-state index is 0.0304. The van der Waals surface area contributed by atoms with Crippen molar-refractivity contribution in [1.29, 1.82) is 0 Å². The Morgan fingerprint density at radius 3 is 2.36 bits per heavy atom. The van der Waals surface area contributed by atoms with Crippen LogP contribution in [0, 0.1) is 0 Å². The lowest BCUT2D eigenvalue weighted by molar-refractivity contribution is 0.373. The van der Waals surface area contributed by atoms with Gasteiger partial charge in [0, 0.05) is 12.6 Å². The zero-order valence-electron chi connectivity index (χ0n) is 14.9. The van der Waals surface area contributed by atoms with Gasteiger partial charge in [-0.05, 0) is 36.3 Å². The molecule has 1 fully saturated rings. The average Bonchev–Trinajstić information content (AvgIpc) is 3.08. The van der Waals surface area contributed by atoms with Gasteiger partial charge in [-0.15, -0.1) is 0 Å². The van der Waals surface area contributed by atoms with E-state index in [4.69, 9.17) is 0 Å². The highest BCUT2D eigenvalue weighted by molar-refractivity contribution is 5.24. The highest BCUT2D eigenvalue weighted by Gasteiger charge is 2.22. The van der Waals surface area contributed by atoms with Crippen molar-refractivity contribution in [3.05, 3.63) is 62.3 Å². The van der Waals surface area contributed by atoms with Gasteiger partial charge in [0.15, 0.2) is 0 Å². The van der Waals surface area contributed by atoms with Crippen LogP contribution >= 0.6 is 0 Å². The van der Waals surface area contributed by atoms with Crippen LogP contribution in [0.4, 0.5) is 0 Å². The predicted molar refractivity (Wildman–Crippen MR) is 98.4 cm³/mol. The Morgan fingerprint density at radius 2 is 1.76 bits per heavy atom. The summed E-state index contributed by atoms with van der Waals surface area (Å²) in [6.07, 6.45) is 4.43. The van der Waals surface area contributed by atoms with Crippen LogP contribution in [0.25, 0.3) is 0 Å². The lowest BCUT2D eigenvalue weighted by Crippen LogP contribution is -2.41. The molecule has 0 radical (unpaired) electrons. The lowest BCUT2D eigenvalue weighted by atomic mass is 10.0. The highest BCUT2D eigenvalue weighted by Crippen LogP contribution is 2.27. The summed E-state index contributed by atoms with van der Waals surface area (Å²) >= 11 is 0. The fraction of sp³-hybridized carbons (Fsp3) is 0.500. The summed E-state index contributed by atoms with van der Waals surface area (Å²) in [5, 5.41) is 10.1. The molecule has 0 aliphatic heterocycles. The molecule has 0 spiro atoms. The van der Waals surface area contributed by atoms with Crippen molar-refractivity contribution in [2.24, 2.45) is 0 Å². The topological polar surface area (TPSA) is 64.2 Å². The van der Waals surface area contributed by atoms with Gasteiger partial charge in [0.1, 0.15) is 0 Å². The van der Waals surface area contributed by atoms with Crippen LogP contribution in [-0.4, -0.2) is 14.2 Å². The molecule has 0 atom stereocenters. The zero-order chi connectivity index (χ0) is 18.0. The molecule has 2 aromatic rings. The maximum atomic E-state index is 12.7. The molecule has 1 heterocycles. The molecule has 0 unspecified atom stereocenters. The van der Waals surface area contributed by atoms with Gasteiger partial charge < -0.3 is 5.11 Å². The van der Waals surface area contributed by atoms with E-state index < -0.39 is 11.2 Å². The molecule has 5 heteroatoms. The van der Waals surface area contributed by atoms with Gasteiger partial charge in [-0.1, -0.05) is 51.0 Å². The van der Waals surface area contributed by atoms with Crippen molar-refractivity contribution in [3.63, 3.8) is 0 Å². The normalized spacial score (nSPS) is 15.2. The molecule has 25 heavy (non-hydrogen) atoms. The Morgan fingerprint density at radius 1 is 1.12 bits per heavy atom. The molecular weight excluding hydrogens is 316 g/mol. The number of hydrogen-bond acceptors (Lipinski definition) is 3. The van der Waals surface area contributed by atoms with Crippen molar-refractivity contribution in [2.45, 2.75) is 64.5 Å². The molecule has 1 aliphatic carbocycles. The molecule has 134 valence electrons. The molecule has 1 aliphatic rings. The van der Waals surface area contributed by atoms with E-state index in [0.717, 1.165) is 31.2 Å². The van der Waals surface area contributed by atoms with E-state index >= 15 is 0 Å². The summed E-state index contributed by atoms with van der Waals surface area (Å²) in [6, 6.07) is 9.46. The van der Waals surface area contributed by atoms with Gasteiger partial charge in [0.25, 0.3) is 5.56 Å². The number of rotatable bonds is 5. The van der Waals surface area contributed by atoms with E-state index in [9.17, 15) is 14.7 Å². The first kappa shape index (κ1) is 17.5. The third-order valence-corrected chi connectivity index (χ3v) is 5.16. The van der Waals surface area contributed by atoms with Gasteiger partial charge in [0.05, 0.1) is 6.07 Å². The molecule has 0 bridgehead atoms. The van der Waals surface area contributed by atoms with Crippen LogP contribution in [0.15, 0.2) is 39.9 Å². The lowest BCUT2D eigenvalue weighted by Gasteiger charge is -2.16. The largest absolute Gasteiger partial charge is 0.494 e. The third-order valence-electron chi connectivity index (χ3n) is 5.16. The Balaban J connectivity index is 1.83. The summed E-state index contributed by atoms with van der Waals surface area (Å²) in [7, 11) is 0. The molecule has 0 amide bonds. The number of benzene rings is 1. The van der Waals surface area contributed by atoms with Crippen molar-refractivity contribution in [2.75, 3.05) is 0 Å². The predicted octanol–water partition coefficient (Wildman–Crippen LogP) is 3.20. The van der Waals surface area contributed by atoms with Gasteiger partial charge in [-0.3, -0.25) is 13.9 Å². The first-order valence-corrected chi connectivity index (χ1v) is 9.11. The van der Waals surface area contributed by atoms with Crippen LogP contribution in [0.3, 0.4) is 0 Å². The summed E-state index contributed by atoms with van der Waals surface area (Å²) < 4.78 is 2.64. The van der Waals surface area contributed by atoms with Crippen molar-refractivity contribution in [1.82, 2.24) is 9.13 Å². The maximum Gasteiger partial charge on any atom is 0.334 e. The monoisotopic (exact) mass is 342 g/mol. The van der Waals surface area contributed by atoms with E-state index in [1.807, 2.05) is 0 Å². The number of aryl methyl sites for hydroxylation is 1. The van der Waals surface area contributed by atoms with Gasteiger partial charge >= 0.3 is 5.69 Å².